The van der Waals surface area contributed by atoms with Crippen LogP contribution in [0.1, 0.15) is 19.7 Å². The molecule has 0 saturated carbocycles. The number of hydrogen-bond donors (Lipinski definition) is 1. The van der Waals surface area contributed by atoms with Crippen LogP contribution in [0.5, 0.6) is 0 Å². The van der Waals surface area contributed by atoms with Gasteiger partial charge in [0.25, 0.3) is 0 Å². The van der Waals surface area contributed by atoms with Crippen molar-refractivity contribution in [3.05, 3.63) is 5.82 Å². The van der Waals surface area contributed by atoms with Crippen molar-refractivity contribution >= 4 is 0 Å². The highest BCUT2D eigenvalue weighted by Gasteiger charge is 2.21. The highest BCUT2D eigenvalue weighted by atomic mass is 16.3. The number of aromatic nitrogens is 4. The summed E-state index contributed by atoms with van der Waals surface area (Å²) >= 11 is 0. The molecule has 0 bridgehead atoms. The van der Waals surface area contributed by atoms with Crippen LogP contribution < -0.4 is 0 Å². The third kappa shape index (κ3) is 1.30. The van der Waals surface area contributed by atoms with Crippen LogP contribution >= 0.6 is 0 Å². The van der Waals surface area contributed by atoms with Gasteiger partial charge < -0.3 is 5.11 Å². The molecule has 0 aliphatic carbocycles. The summed E-state index contributed by atoms with van der Waals surface area (Å²) in [6, 6.07) is 0. The smallest absolute Gasteiger partial charge is 0.205 e. The van der Waals surface area contributed by atoms with E-state index in [2.05, 4.69) is 15.4 Å². The second-order valence-corrected chi connectivity index (χ2v) is 2.66. The highest BCUT2D eigenvalue weighted by molar-refractivity contribution is 4.90. The molecule has 0 atom stereocenters. The molecule has 0 radical (unpaired) electrons. The molecule has 1 aromatic rings. The van der Waals surface area contributed by atoms with Gasteiger partial charge in [0.1, 0.15) is 5.60 Å². The van der Waals surface area contributed by atoms with Gasteiger partial charge in [-0.1, -0.05) is 0 Å². The molecule has 5 nitrogen and oxygen atoms in total. The Morgan fingerprint density at radius 2 is 2.10 bits per heavy atom. The Kier molecular flexibility index (Phi) is 1.44. The Morgan fingerprint density at radius 3 is 2.30 bits per heavy atom. The first-order valence-corrected chi connectivity index (χ1v) is 2.97. The maximum atomic E-state index is 9.32. The maximum absolute atomic E-state index is 9.32. The molecule has 5 heteroatoms. The molecule has 10 heavy (non-hydrogen) atoms. The van der Waals surface area contributed by atoms with E-state index in [1.165, 1.54) is 4.80 Å². The van der Waals surface area contributed by atoms with Crippen LogP contribution in [0.3, 0.4) is 0 Å². The molecule has 56 valence electrons. The molecule has 0 aliphatic heterocycles. The molecule has 0 spiro atoms. The number of hydrogen-bond acceptors (Lipinski definition) is 4. The molecule has 0 fully saturated rings. The number of aliphatic hydroxyl groups is 1. The summed E-state index contributed by atoms with van der Waals surface area (Å²) in [5.74, 6) is 0.343. The average Bonchev–Trinajstić information content (AvgIpc) is 2.11. The molecule has 1 heterocycles. The SMILES string of the molecule is Cn1nnc(C(C)(C)O)n1. The Balaban J connectivity index is 2.96. The second-order valence-electron chi connectivity index (χ2n) is 2.66. The Hall–Kier alpha value is -0.970. The van der Waals surface area contributed by atoms with Crippen molar-refractivity contribution in [3.8, 4) is 0 Å². The van der Waals surface area contributed by atoms with E-state index >= 15 is 0 Å². The molecular formula is C5H10N4O. The fraction of sp³-hybridized carbons (Fsp3) is 0.800. The predicted molar refractivity (Wildman–Crippen MR) is 34.0 cm³/mol. The molecule has 0 unspecified atom stereocenters. The molecular weight excluding hydrogens is 132 g/mol. The van der Waals surface area contributed by atoms with Crippen LogP contribution in [-0.4, -0.2) is 25.3 Å². The lowest BCUT2D eigenvalue weighted by molar-refractivity contribution is 0.0684. The average molecular weight is 142 g/mol. The van der Waals surface area contributed by atoms with E-state index in [0.29, 0.717) is 5.82 Å². The summed E-state index contributed by atoms with van der Waals surface area (Å²) in [6.07, 6.45) is 0. The lowest BCUT2D eigenvalue weighted by Crippen LogP contribution is -2.17. The first-order valence-electron chi connectivity index (χ1n) is 2.97. The van der Waals surface area contributed by atoms with Gasteiger partial charge in [-0.15, -0.1) is 10.2 Å². The van der Waals surface area contributed by atoms with Crippen molar-refractivity contribution in [2.45, 2.75) is 19.4 Å². The largest absolute Gasteiger partial charge is 0.382 e. The highest BCUT2D eigenvalue weighted by Crippen LogP contribution is 2.12. The summed E-state index contributed by atoms with van der Waals surface area (Å²) in [5, 5.41) is 20.4. The standard InChI is InChI=1S/C5H10N4O/c1-5(2,10)4-6-8-9(3)7-4/h10H,1-3H3. The normalized spacial score (nSPS) is 12.0. The van der Waals surface area contributed by atoms with Crippen molar-refractivity contribution < 1.29 is 5.11 Å². The van der Waals surface area contributed by atoms with Crippen LogP contribution in [0, 0.1) is 0 Å². The Bertz CT molecular complexity index is 224. The zero-order chi connectivity index (χ0) is 7.78. The van der Waals surface area contributed by atoms with Crippen LogP contribution in [-0.2, 0) is 12.6 Å². The monoisotopic (exact) mass is 142 g/mol. The second kappa shape index (κ2) is 2.02. The van der Waals surface area contributed by atoms with E-state index in [0.717, 1.165) is 0 Å². The van der Waals surface area contributed by atoms with E-state index in [-0.39, 0.29) is 0 Å². The molecule has 1 aromatic heterocycles. The first-order chi connectivity index (χ1) is 4.50. The first kappa shape index (κ1) is 7.14. The van der Waals surface area contributed by atoms with Gasteiger partial charge in [-0.2, -0.15) is 4.80 Å². The minimum atomic E-state index is -0.992. The summed E-state index contributed by atoms with van der Waals surface area (Å²) in [5.41, 5.74) is -0.992. The summed E-state index contributed by atoms with van der Waals surface area (Å²) < 4.78 is 0. The number of tetrazole rings is 1. The topological polar surface area (TPSA) is 63.8 Å². The molecule has 0 aliphatic rings. The van der Waals surface area contributed by atoms with Gasteiger partial charge in [0.2, 0.25) is 5.82 Å². The van der Waals surface area contributed by atoms with Crippen LogP contribution in [0.15, 0.2) is 0 Å². The summed E-state index contributed by atoms with van der Waals surface area (Å²) in [4.78, 5) is 1.31. The van der Waals surface area contributed by atoms with Gasteiger partial charge in [0, 0.05) is 0 Å². The van der Waals surface area contributed by atoms with E-state index < -0.39 is 5.60 Å². The summed E-state index contributed by atoms with van der Waals surface area (Å²) in [6.45, 7) is 3.23. The van der Waals surface area contributed by atoms with Crippen molar-refractivity contribution in [2.75, 3.05) is 0 Å². The van der Waals surface area contributed by atoms with E-state index in [4.69, 9.17) is 0 Å². The van der Waals surface area contributed by atoms with Crippen molar-refractivity contribution in [3.63, 3.8) is 0 Å². The predicted octanol–water partition coefficient (Wildman–Crippen LogP) is -0.563. The van der Waals surface area contributed by atoms with Gasteiger partial charge in [-0.25, -0.2) is 0 Å². The fourth-order valence-electron chi connectivity index (χ4n) is 0.529. The van der Waals surface area contributed by atoms with Crippen molar-refractivity contribution in [1.29, 1.82) is 0 Å². The molecule has 1 N–H and O–H groups in total. The van der Waals surface area contributed by atoms with Crippen molar-refractivity contribution in [2.24, 2.45) is 7.05 Å². The van der Waals surface area contributed by atoms with E-state index in [1.807, 2.05) is 0 Å². The fourth-order valence-corrected chi connectivity index (χ4v) is 0.529. The number of nitrogens with zero attached hydrogens (tertiary/aromatic N) is 4. The van der Waals surface area contributed by atoms with Gasteiger partial charge in [0.15, 0.2) is 0 Å². The van der Waals surface area contributed by atoms with Crippen LogP contribution in [0.4, 0.5) is 0 Å². The minimum Gasteiger partial charge on any atom is -0.382 e. The molecule has 1 rings (SSSR count). The zero-order valence-corrected chi connectivity index (χ0v) is 6.24. The van der Waals surface area contributed by atoms with E-state index in [1.54, 1.807) is 20.9 Å². The Morgan fingerprint density at radius 1 is 1.50 bits per heavy atom. The molecule has 0 amide bonds. The van der Waals surface area contributed by atoms with Gasteiger partial charge in [-0.3, -0.25) is 0 Å². The third-order valence-corrected chi connectivity index (χ3v) is 1.06. The van der Waals surface area contributed by atoms with Crippen LogP contribution in [0.25, 0.3) is 0 Å². The summed E-state index contributed by atoms with van der Waals surface area (Å²) in [7, 11) is 1.66. The van der Waals surface area contributed by atoms with Gasteiger partial charge >= 0.3 is 0 Å². The van der Waals surface area contributed by atoms with E-state index in [9.17, 15) is 5.11 Å². The third-order valence-electron chi connectivity index (χ3n) is 1.06. The molecule has 0 saturated heterocycles. The lowest BCUT2D eigenvalue weighted by atomic mass is 10.1. The zero-order valence-electron chi connectivity index (χ0n) is 6.24. The maximum Gasteiger partial charge on any atom is 0.205 e. The lowest BCUT2D eigenvalue weighted by Gasteiger charge is -2.09. The number of rotatable bonds is 1. The van der Waals surface area contributed by atoms with Crippen molar-refractivity contribution in [1.82, 2.24) is 20.2 Å². The molecule has 0 aromatic carbocycles. The quantitative estimate of drug-likeness (QED) is 0.570. The Labute approximate surface area is 58.7 Å². The van der Waals surface area contributed by atoms with Gasteiger partial charge in [0.05, 0.1) is 7.05 Å². The number of aryl methyl sites for hydroxylation is 1. The van der Waals surface area contributed by atoms with Crippen LogP contribution in [0.2, 0.25) is 0 Å². The minimum absolute atomic E-state index is 0.343. The van der Waals surface area contributed by atoms with Gasteiger partial charge in [-0.05, 0) is 19.1 Å².